The molecule has 1 amide bonds. The Kier molecular flexibility index (Phi) is 5.43. The Hall–Kier alpha value is -1.27. The average molecular weight is 335 g/mol. The molecule has 5 nitrogen and oxygen atoms in total. The number of nitrogens with one attached hydrogen (secondary N) is 1. The molecule has 1 aromatic carbocycles. The molecule has 0 aliphatic rings. The van der Waals surface area contributed by atoms with Crippen molar-refractivity contribution in [2.75, 3.05) is 6.54 Å². The van der Waals surface area contributed by atoms with Crippen LogP contribution >= 0.6 is 27.5 Å². The Morgan fingerprint density at radius 2 is 2.33 bits per heavy atom. The lowest BCUT2D eigenvalue weighted by atomic mass is 10.1. The van der Waals surface area contributed by atoms with Crippen molar-refractivity contribution < 1.29 is 10.0 Å². The average Bonchev–Trinajstić information content (AvgIpc) is 2.37. The zero-order valence-electron chi connectivity index (χ0n) is 9.65. The van der Waals surface area contributed by atoms with Crippen LogP contribution in [-0.4, -0.2) is 23.5 Å². The molecule has 98 valence electrons. The monoisotopic (exact) mass is 333 g/mol. The number of carbonyl (C=O) groups is 1. The smallest absolute Gasteiger partial charge is 0.252 e. The molecule has 7 heteroatoms. The van der Waals surface area contributed by atoms with Gasteiger partial charge in [-0.1, -0.05) is 39.6 Å². The molecule has 0 aliphatic heterocycles. The zero-order chi connectivity index (χ0) is 13.7. The van der Waals surface area contributed by atoms with Crippen LogP contribution in [0.5, 0.6) is 0 Å². The van der Waals surface area contributed by atoms with Gasteiger partial charge in [0, 0.05) is 16.9 Å². The van der Waals surface area contributed by atoms with Crippen LogP contribution in [0, 0.1) is 5.92 Å². The van der Waals surface area contributed by atoms with Gasteiger partial charge in [-0.15, -0.1) is 0 Å². The molecule has 1 aromatic rings. The summed E-state index contributed by atoms with van der Waals surface area (Å²) in [7, 11) is 0. The predicted molar refractivity (Wildman–Crippen MR) is 74.1 cm³/mol. The van der Waals surface area contributed by atoms with Gasteiger partial charge in [0.1, 0.15) is 5.84 Å². The molecule has 1 rings (SSSR count). The highest BCUT2D eigenvalue weighted by Crippen LogP contribution is 2.20. The van der Waals surface area contributed by atoms with Crippen molar-refractivity contribution in [3.8, 4) is 0 Å². The van der Waals surface area contributed by atoms with Gasteiger partial charge < -0.3 is 16.3 Å². The van der Waals surface area contributed by atoms with E-state index in [1.54, 1.807) is 25.1 Å². The molecule has 0 fully saturated rings. The van der Waals surface area contributed by atoms with Crippen molar-refractivity contribution in [3.63, 3.8) is 0 Å². The second kappa shape index (κ2) is 6.61. The minimum absolute atomic E-state index is 0.0654. The van der Waals surface area contributed by atoms with E-state index in [-0.39, 0.29) is 24.2 Å². The summed E-state index contributed by atoms with van der Waals surface area (Å²) >= 11 is 9.19. The third kappa shape index (κ3) is 3.89. The van der Waals surface area contributed by atoms with E-state index in [2.05, 4.69) is 26.4 Å². The van der Waals surface area contributed by atoms with Crippen molar-refractivity contribution >= 4 is 39.3 Å². The molecule has 0 radical (unpaired) electrons. The molecular formula is C11H13BrClN3O2. The Bertz CT molecular complexity index is 479. The van der Waals surface area contributed by atoms with Crippen LogP contribution < -0.4 is 11.1 Å². The number of halogens is 2. The van der Waals surface area contributed by atoms with Gasteiger partial charge in [0.25, 0.3) is 5.91 Å². The first kappa shape index (κ1) is 14.8. The number of hydrogen-bond acceptors (Lipinski definition) is 3. The minimum atomic E-state index is -0.307. The maximum Gasteiger partial charge on any atom is 0.252 e. The van der Waals surface area contributed by atoms with Crippen LogP contribution in [-0.2, 0) is 0 Å². The summed E-state index contributed by atoms with van der Waals surface area (Å²) < 4.78 is 0.765. The van der Waals surface area contributed by atoms with Crippen molar-refractivity contribution in [1.29, 1.82) is 0 Å². The molecule has 0 saturated carbocycles. The van der Waals surface area contributed by atoms with E-state index >= 15 is 0 Å². The number of rotatable bonds is 4. The second-order valence-electron chi connectivity index (χ2n) is 3.76. The van der Waals surface area contributed by atoms with E-state index in [0.29, 0.717) is 10.6 Å². The van der Waals surface area contributed by atoms with Gasteiger partial charge in [-0.25, -0.2) is 0 Å². The maximum atomic E-state index is 11.9. The number of oxime groups is 1. The Labute approximate surface area is 118 Å². The van der Waals surface area contributed by atoms with Crippen LogP contribution in [0.15, 0.2) is 27.8 Å². The minimum Gasteiger partial charge on any atom is -0.409 e. The second-order valence-corrected chi connectivity index (χ2v) is 5.08. The number of benzene rings is 1. The highest BCUT2D eigenvalue weighted by Gasteiger charge is 2.13. The van der Waals surface area contributed by atoms with Gasteiger partial charge in [0.15, 0.2) is 0 Å². The fourth-order valence-electron chi connectivity index (χ4n) is 1.22. The van der Waals surface area contributed by atoms with Gasteiger partial charge in [-0.2, -0.15) is 0 Å². The lowest BCUT2D eigenvalue weighted by Gasteiger charge is -2.11. The number of amides is 1. The highest BCUT2D eigenvalue weighted by molar-refractivity contribution is 9.10. The lowest BCUT2D eigenvalue weighted by Crippen LogP contribution is -2.34. The van der Waals surface area contributed by atoms with E-state index in [9.17, 15) is 4.79 Å². The standard InChI is InChI=1S/C11H13BrClN3O2/c1-6(10(14)16-18)5-15-11(17)8-4-7(12)2-3-9(8)13/h2-4,6,18H,5H2,1H3,(H2,14,16)(H,15,17). The van der Waals surface area contributed by atoms with E-state index in [1.807, 2.05) is 0 Å². The van der Waals surface area contributed by atoms with Gasteiger partial charge in [0.05, 0.1) is 10.6 Å². The van der Waals surface area contributed by atoms with E-state index < -0.39 is 0 Å². The number of nitrogens with two attached hydrogens (primary N) is 1. The highest BCUT2D eigenvalue weighted by atomic mass is 79.9. The number of hydrogen-bond donors (Lipinski definition) is 3. The molecule has 0 aromatic heterocycles. The molecule has 0 aliphatic carbocycles. The third-order valence-corrected chi connectivity index (χ3v) is 3.19. The Balaban J connectivity index is 2.69. The van der Waals surface area contributed by atoms with Crippen LogP contribution in [0.2, 0.25) is 5.02 Å². The molecule has 1 atom stereocenters. The van der Waals surface area contributed by atoms with Crippen molar-refractivity contribution in [3.05, 3.63) is 33.3 Å². The largest absolute Gasteiger partial charge is 0.409 e. The number of amidine groups is 1. The summed E-state index contributed by atoms with van der Waals surface area (Å²) in [5.74, 6) is -0.501. The normalized spacial score (nSPS) is 13.2. The first-order chi connectivity index (χ1) is 8.45. The summed E-state index contributed by atoms with van der Waals surface area (Å²) in [6.07, 6.45) is 0. The quantitative estimate of drug-likeness (QED) is 0.341. The Morgan fingerprint density at radius 1 is 1.67 bits per heavy atom. The summed E-state index contributed by atoms with van der Waals surface area (Å²) in [5.41, 5.74) is 5.78. The summed E-state index contributed by atoms with van der Waals surface area (Å²) in [6.45, 7) is 2.00. The molecular weight excluding hydrogens is 321 g/mol. The fourth-order valence-corrected chi connectivity index (χ4v) is 1.78. The van der Waals surface area contributed by atoms with E-state index in [1.165, 1.54) is 0 Å². The van der Waals surface area contributed by atoms with Crippen LogP contribution in [0.1, 0.15) is 17.3 Å². The maximum absolute atomic E-state index is 11.9. The molecule has 0 bridgehead atoms. The lowest BCUT2D eigenvalue weighted by molar-refractivity contribution is 0.0951. The third-order valence-electron chi connectivity index (χ3n) is 2.36. The van der Waals surface area contributed by atoms with Crippen LogP contribution in [0.25, 0.3) is 0 Å². The fraction of sp³-hybridized carbons (Fsp3) is 0.273. The molecule has 0 heterocycles. The van der Waals surface area contributed by atoms with Gasteiger partial charge >= 0.3 is 0 Å². The number of carbonyl (C=O) groups excluding carboxylic acids is 1. The van der Waals surface area contributed by atoms with Crippen LogP contribution in [0.4, 0.5) is 0 Å². The zero-order valence-corrected chi connectivity index (χ0v) is 12.0. The topological polar surface area (TPSA) is 87.7 Å². The van der Waals surface area contributed by atoms with Crippen LogP contribution in [0.3, 0.4) is 0 Å². The van der Waals surface area contributed by atoms with Gasteiger partial charge in [0.2, 0.25) is 0 Å². The molecule has 0 spiro atoms. The SMILES string of the molecule is CC(CNC(=O)c1cc(Br)ccc1Cl)C(N)=NO. The molecule has 1 unspecified atom stereocenters. The predicted octanol–water partition coefficient (Wildman–Crippen LogP) is 2.21. The van der Waals surface area contributed by atoms with Gasteiger partial charge in [-0.05, 0) is 18.2 Å². The van der Waals surface area contributed by atoms with Crippen molar-refractivity contribution in [2.45, 2.75) is 6.92 Å². The first-order valence-corrected chi connectivity index (χ1v) is 6.33. The van der Waals surface area contributed by atoms with E-state index in [0.717, 1.165) is 4.47 Å². The van der Waals surface area contributed by atoms with Crippen molar-refractivity contribution in [1.82, 2.24) is 5.32 Å². The molecule has 0 saturated heterocycles. The molecule has 4 N–H and O–H groups in total. The van der Waals surface area contributed by atoms with E-state index in [4.69, 9.17) is 22.5 Å². The Morgan fingerprint density at radius 3 is 2.94 bits per heavy atom. The summed E-state index contributed by atoms with van der Waals surface area (Å²) in [4.78, 5) is 11.9. The first-order valence-electron chi connectivity index (χ1n) is 5.16. The number of nitrogens with zero attached hydrogens (tertiary/aromatic N) is 1. The summed E-state index contributed by atoms with van der Waals surface area (Å²) in [6, 6.07) is 5.01. The molecule has 18 heavy (non-hydrogen) atoms. The van der Waals surface area contributed by atoms with Gasteiger partial charge in [-0.3, -0.25) is 4.79 Å². The van der Waals surface area contributed by atoms with Crippen molar-refractivity contribution in [2.24, 2.45) is 16.8 Å². The summed E-state index contributed by atoms with van der Waals surface area (Å²) in [5, 5.41) is 14.4.